The Kier molecular flexibility index (Phi) is 2.50. The maximum Gasteiger partial charge on any atom is 0.435 e. The maximum atomic E-state index is 12.0. The molecule has 1 atom stereocenters. The zero-order valence-electron chi connectivity index (χ0n) is 7.08. The van der Waals surface area contributed by atoms with Gasteiger partial charge in [-0.1, -0.05) is 0 Å². The van der Waals surface area contributed by atoms with Crippen molar-refractivity contribution >= 4 is 5.97 Å². The van der Waals surface area contributed by atoms with Gasteiger partial charge >= 0.3 is 6.18 Å². The van der Waals surface area contributed by atoms with Gasteiger partial charge in [0.25, 0.3) is 0 Å². The number of carbonyl (C=O) groups excluding carboxylic acids is 1. The molecule has 0 aliphatic heterocycles. The Labute approximate surface area is 77.0 Å². The minimum atomic E-state index is -4.56. The molecule has 0 radical (unpaired) electrons. The number of carboxylic acids is 1. The molecule has 0 amide bonds. The molecule has 7 heteroatoms. The van der Waals surface area contributed by atoms with Crippen LogP contribution in [0, 0.1) is 0 Å². The Hall–Kier alpha value is -1.53. The molecule has 1 aromatic heterocycles. The Morgan fingerprint density at radius 2 is 2.21 bits per heavy atom. The summed E-state index contributed by atoms with van der Waals surface area (Å²) in [6, 6.07) is -0.509. The summed E-state index contributed by atoms with van der Waals surface area (Å²) in [4.78, 5) is 10.3. The zero-order valence-corrected chi connectivity index (χ0v) is 7.08. The van der Waals surface area contributed by atoms with Crippen LogP contribution in [-0.4, -0.2) is 15.7 Å². The van der Waals surface area contributed by atoms with E-state index in [9.17, 15) is 23.1 Å². The zero-order chi connectivity index (χ0) is 10.9. The largest absolute Gasteiger partial charge is 0.548 e. The SMILES string of the molecule is C[C@H](C(=O)[O-])n1ccc(C(F)(F)F)n1. The van der Waals surface area contributed by atoms with Crippen LogP contribution in [0.3, 0.4) is 0 Å². The highest BCUT2D eigenvalue weighted by molar-refractivity contribution is 5.68. The van der Waals surface area contributed by atoms with Crippen molar-refractivity contribution in [2.75, 3.05) is 0 Å². The van der Waals surface area contributed by atoms with Gasteiger partial charge in [-0.05, 0) is 13.0 Å². The van der Waals surface area contributed by atoms with Crippen molar-refractivity contribution in [3.8, 4) is 0 Å². The summed E-state index contributed by atoms with van der Waals surface area (Å²) in [7, 11) is 0. The Balaban J connectivity index is 2.94. The lowest BCUT2D eigenvalue weighted by Crippen LogP contribution is -2.31. The van der Waals surface area contributed by atoms with Crippen molar-refractivity contribution in [3.05, 3.63) is 18.0 Å². The van der Waals surface area contributed by atoms with Gasteiger partial charge in [0.1, 0.15) is 0 Å². The monoisotopic (exact) mass is 207 g/mol. The highest BCUT2D eigenvalue weighted by Crippen LogP contribution is 2.27. The standard InChI is InChI=1S/C7H7F3N2O2/c1-4(6(13)14)12-3-2-5(11-12)7(8,9)10/h2-4H,1H3,(H,13,14)/p-1/t4-/m1/s1. The molecule has 0 N–H and O–H groups in total. The first-order valence-corrected chi connectivity index (χ1v) is 3.65. The van der Waals surface area contributed by atoms with Crippen LogP contribution in [0.15, 0.2) is 12.3 Å². The number of halogens is 3. The highest BCUT2D eigenvalue weighted by Gasteiger charge is 2.33. The van der Waals surface area contributed by atoms with Gasteiger partial charge in [-0.3, -0.25) is 4.68 Å². The van der Waals surface area contributed by atoms with E-state index >= 15 is 0 Å². The van der Waals surface area contributed by atoms with E-state index in [4.69, 9.17) is 0 Å². The second-order valence-corrected chi connectivity index (χ2v) is 2.67. The lowest BCUT2D eigenvalue weighted by molar-refractivity contribution is -0.310. The fraction of sp³-hybridized carbons (Fsp3) is 0.429. The summed E-state index contributed by atoms with van der Waals surface area (Å²) in [5, 5.41) is 13.4. The van der Waals surface area contributed by atoms with Crippen LogP contribution >= 0.6 is 0 Å². The van der Waals surface area contributed by atoms with Crippen molar-refractivity contribution in [2.24, 2.45) is 0 Å². The summed E-state index contributed by atoms with van der Waals surface area (Å²) < 4.78 is 36.8. The molecular weight excluding hydrogens is 201 g/mol. The van der Waals surface area contributed by atoms with E-state index in [1.165, 1.54) is 6.92 Å². The Morgan fingerprint density at radius 3 is 2.57 bits per heavy atom. The molecule has 0 spiro atoms. The van der Waals surface area contributed by atoms with Crippen molar-refractivity contribution in [1.29, 1.82) is 0 Å². The summed E-state index contributed by atoms with van der Waals surface area (Å²) >= 11 is 0. The first-order chi connectivity index (χ1) is 6.32. The summed E-state index contributed by atoms with van der Waals surface area (Å²) in [6.07, 6.45) is -3.61. The van der Waals surface area contributed by atoms with Crippen LogP contribution in [-0.2, 0) is 11.0 Å². The fourth-order valence-electron chi connectivity index (χ4n) is 0.813. The normalized spacial score (nSPS) is 14.0. The summed E-state index contributed by atoms with van der Waals surface area (Å²) in [6.45, 7) is 1.18. The number of hydrogen-bond donors (Lipinski definition) is 0. The van der Waals surface area contributed by atoms with Crippen molar-refractivity contribution in [2.45, 2.75) is 19.1 Å². The molecule has 0 saturated carbocycles. The second kappa shape index (κ2) is 3.32. The molecule has 0 aliphatic rings. The number of rotatable bonds is 2. The molecule has 0 bridgehead atoms. The van der Waals surface area contributed by atoms with Gasteiger partial charge < -0.3 is 9.90 Å². The average molecular weight is 207 g/mol. The smallest absolute Gasteiger partial charge is 0.435 e. The van der Waals surface area contributed by atoms with Crippen LogP contribution in [0.4, 0.5) is 13.2 Å². The minimum Gasteiger partial charge on any atom is -0.548 e. The number of carboxylic acid groups (broad SMARTS) is 1. The van der Waals surface area contributed by atoms with Crippen LogP contribution in [0.5, 0.6) is 0 Å². The molecule has 14 heavy (non-hydrogen) atoms. The van der Waals surface area contributed by atoms with E-state index in [-0.39, 0.29) is 0 Å². The molecule has 78 valence electrons. The third kappa shape index (κ3) is 2.04. The molecule has 1 aromatic rings. The van der Waals surface area contributed by atoms with Gasteiger partial charge in [0.15, 0.2) is 5.69 Å². The van der Waals surface area contributed by atoms with Gasteiger partial charge in [-0.25, -0.2) is 0 Å². The molecule has 0 unspecified atom stereocenters. The first-order valence-electron chi connectivity index (χ1n) is 3.65. The molecular formula is C7H6F3N2O2-. The second-order valence-electron chi connectivity index (χ2n) is 2.67. The topological polar surface area (TPSA) is 57.9 Å². The Morgan fingerprint density at radius 1 is 1.64 bits per heavy atom. The van der Waals surface area contributed by atoms with Gasteiger partial charge in [0.2, 0.25) is 0 Å². The first kappa shape index (κ1) is 10.6. The van der Waals surface area contributed by atoms with E-state index in [2.05, 4.69) is 5.10 Å². The minimum absolute atomic E-state index is 0.693. The van der Waals surface area contributed by atoms with Crippen molar-refractivity contribution in [1.82, 2.24) is 9.78 Å². The van der Waals surface area contributed by atoms with Gasteiger partial charge in [0.05, 0.1) is 12.0 Å². The van der Waals surface area contributed by atoms with Gasteiger partial charge in [-0.15, -0.1) is 0 Å². The molecule has 4 nitrogen and oxygen atoms in total. The van der Waals surface area contributed by atoms with E-state index in [0.717, 1.165) is 6.20 Å². The molecule has 1 heterocycles. The lowest BCUT2D eigenvalue weighted by atomic mass is 10.4. The number of alkyl halides is 3. The predicted octanol–water partition coefficient (Wildman–Crippen LogP) is 0.213. The van der Waals surface area contributed by atoms with Crippen molar-refractivity contribution in [3.63, 3.8) is 0 Å². The molecule has 0 aliphatic carbocycles. The molecule has 0 saturated heterocycles. The van der Waals surface area contributed by atoms with Crippen LogP contribution in [0.25, 0.3) is 0 Å². The van der Waals surface area contributed by atoms with E-state index < -0.39 is 23.9 Å². The molecule has 1 rings (SSSR count). The number of carbonyl (C=O) groups is 1. The lowest BCUT2D eigenvalue weighted by Gasteiger charge is -2.12. The van der Waals surface area contributed by atoms with E-state index in [1.807, 2.05) is 0 Å². The van der Waals surface area contributed by atoms with E-state index in [0.29, 0.717) is 10.7 Å². The van der Waals surface area contributed by atoms with Crippen LogP contribution < -0.4 is 5.11 Å². The summed E-state index contributed by atoms with van der Waals surface area (Å²) in [5.74, 6) is -1.48. The third-order valence-corrected chi connectivity index (χ3v) is 1.64. The van der Waals surface area contributed by atoms with Crippen molar-refractivity contribution < 1.29 is 23.1 Å². The third-order valence-electron chi connectivity index (χ3n) is 1.64. The number of hydrogen-bond acceptors (Lipinski definition) is 3. The number of aliphatic carboxylic acids is 1. The van der Waals surface area contributed by atoms with Crippen LogP contribution in [0.1, 0.15) is 18.7 Å². The van der Waals surface area contributed by atoms with Gasteiger partial charge in [0, 0.05) is 6.20 Å². The number of nitrogens with zero attached hydrogens (tertiary/aromatic N) is 2. The number of aromatic nitrogens is 2. The maximum absolute atomic E-state index is 12.0. The fourth-order valence-corrected chi connectivity index (χ4v) is 0.813. The summed E-state index contributed by atoms with van der Waals surface area (Å²) in [5.41, 5.74) is -1.12. The van der Waals surface area contributed by atoms with Gasteiger partial charge in [-0.2, -0.15) is 18.3 Å². The quantitative estimate of drug-likeness (QED) is 0.696. The predicted molar refractivity (Wildman–Crippen MR) is 36.9 cm³/mol. The average Bonchev–Trinajstić information content (AvgIpc) is 2.49. The Bertz CT molecular complexity index is 345. The van der Waals surface area contributed by atoms with E-state index in [1.54, 1.807) is 0 Å². The highest BCUT2D eigenvalue weighted by atomic mass is 19.4. The van der Waals surface area contributed by atoms with Crippen LogP contribution in [0.2, 0.25) is 0 Å². The molecule has 0 aromatic carbocycles. The molecule has 0 fully saturated rings.